The molecular formula is C23H21NO4. The van der Waals surface area contributed by atoms with Gasteiger partial charge in [0.1, 0.15) is 5.75 Å². The summed E-state index contributed by atoms with van der Waals surface area (Å²) in [6.07, 6.45) is 3.80. The van der Waals surface area contributed by atoms with Crippen molar-refractivity contribution in [1.29, 1.82) is 0 Å². The average molecular weight is 375 g/mol. The zero-order valence-electron chi connectivity index (χ0n) is 15.5. The number of methoxy groups -OCH3 is 1. The van der Waals surface area contributed by atoms with Crippen molar-refractivity contribution in [2.75, 3.05) is 25.6 Å². The second-order valence-electron chi connectivity index (χ2n) is 6.21. The number of carbonyl (C=O) groups is 2. The van der Waals surface area contributed by atoms with Gasteiger partial charge in [0.25, 0.3) is 0 Å². The summed E-state index contributed by atoms with van der Waals surface area (Å²) >= 11 is 0. The summed E-state index contributed by atoms with van der Waals surface area (Å²) in [7, 11) is 1.52. The predicted molar refractivity (Wildman–Crippen MR) is 111 cm³/mol. The monoisotopic (exact) mass is 375 g/mol. The molecule has 0 aliphatic heterocycles. The molecule has 0 aliphatic rings. The molecule has 0 aromatic heterocycles. The first kappa shape index (κ1) is 19.3. The lowest BCUT2D eigenvalue weighted by Crippen LogP contribution is -2.05. The first-order valence-corrected chi connectivity index (χ1v) is 8.89. The molecule has 3 aromatic rings. The number of hydrogen-bond acceptors (Lipinski definition) is 5. The second kappa shape index (κ2) is 8.97. The van der Waals surface area contributed by atoms with Crippen LogP contribution in [0.1, 0.15) is 26.3 Å². The molecule has 0 unspecified atom stereocenters. The number of fused-ring (bicyclic) bond motifs is 1. The second-order valence-corrected chi connectivity index (χ2v) is 6.21. The van der Waals surface area contributed by atoms with Crippen LogP contribution in [0.25, 0.3) is 16.8 Å². The number of nitrogens with one attached hydrogen (secondary N) is 1. The summed E-state index contributed by atoms with van der Waals surface area (Å²) in [5.74, 6) is 0.377. The van der Waals surface area contributed by atoms with Crippen molar-refractivity contribution in [3.05, 3.63) is 77.4 Å². The van der Waals surface area contributed by atoms with Crippen molar-refractivity contribution in [3.8, 4) is 5.75 Å². The molecule has 0 bridgehead atoms. The van der Waals surface area contributed by atoms with Gasteiger partial charge >= 0.3 is 0 Å². The smallest absolute Gasteiger partial charge is 0.185 e. The van der Waals surface area contributed by atoms with Gasteiger partial charge in [-0.05, 0) is 47.2 Å². The minimum atomic E-state index is -0.160. The third kappa shape index (κ3) is 4.27. The molecular weight excluding hydrogens is 354 g/mol. The fraction of sp³-hybridized carbons (Fsp3) is 0.130. The van der Waals surface area contributed by atoms with Gasteiger partial charge in [0.15, 0.2) is 12.1 Å². The van der Waals surface area contributed by atoms with Gasteiger partial charge in [-0.1, -0.05) is 30.3 Å². The largest absolute Gasteiger partial charge is 0.496 e. The average Bonchev–Trinajstić information content (AvgIpc) is 2.75. The van der Waals surface area contributed by atoms with Crippen LogP contribution in [0.2, 0.25) is 0 Å². The first-order valence-electron chi connectivity index (χ1n) is 8.89. The zero-order chi connectivity index (χ0) is 19.9. The van der Waals surface area contributed by atoms with E-state index in [4.69, 9.17) is 9.84 Å². The number of aliphatic hydroxyl groups is 1. The molecule has 3 rings (SSSR count). The van der Waals surface area contributed by atoms with Crippen LogP contribution in [-0.2, 0) is 0 Å². The van der Waals surface area contributed by atoms with Gasteiger partial charge in [-0.15, -0.1) is 0 Å². The van der Waals surface area contributed by atoms with Gasteiger partial charge in [0, 0.05) is 28.9 Å². The van der Waals surface area contributed by atoms with Crippen LogP contribution < -0.4 is 10.1 Å². The van der Waals surface area contributed by atoms with Crippen LogP contribution in [-0.4, -0.2) is 37.4 Å². The third-order valence-corrected chi connectivity index (χ3v) is 4.41. The number of ketones is 1. The van der Waals surface area contributed by atoms with Crippen LogP contribution in [0.5, 0.6) is 5.75 Å². The van der Waals surface area contributed by atoms with Gasteiger partial charge in [0.2, 0.25) is 0 Å². The molecule has 0 spiro atoms. The van der Waals surface area contributed by atoms with Crippen molar-refractivity contribution < 1.29 is 19.4 Å². The molecule has 5 heteroatoms. The highest BCUT2D eigenvalue weighted by molar-refractivity contribution is 6.09. The zero-order valence-corrected chi connectivity index (χ0v) is 15.5. The van der Waals surface area contributed by atoms with Gasteiger partial charge in [-0.25, -0.2) is 0 Å². The van der Waals surface area contributed by atoms with Crippen molar-refractivity contribution in [2.24, 2.45) is 0 Å². The Morgan fingerprint density at radius 3 is 2.64 bits per heavy atom. The Balaban J connectivity index is 1.86. The summed E-state index contributed by atoms with van der Waals surface area (Å²) in [4.78, 5) is 23.9. The van der Waals surface area contributed by atoms with Gasteiger partial charge in [0.05, 0.1) is 13.7 Å². The summed E-state index contributed by atoms with van der Waals surface area (Å²) in [6, 6.07) is 16.5. The standard InChI is InChI=1S/C23H21NO4/c1-28-23-4-2-3-19(15-26)21(23)9-10-22(27)18-6-5-17-14-20(24-11-12-25)8-7-16(17)13-18/h2-10,13-15,24-25H,11-12H2,1H3/b10-9+. The first-order chi connectivity index (χ1) is 13.7. The van der Waals surface area contributed by atoms with E-state index in [1.54, 1.807) is 30.3 Å². The minimum absolute atomic E-state index is 0.0653. The molecule has 0 aliphatic carbocycles. The Kier molecular flexibility index (Phi) is 6.19. The molecule has 2 N–H and O–H groups in total. The highest BCUT2D eigenvalue weighted by Gasteiger charge is 2.08. The van der Waals surface area contributed by atoms with E-state index in [-0.39, 0.29) is 12.4 Å². The Morgan fingerprint density at radius 1 is 1.11 bits per heavy atom. The normalized spacial score (nSPS) is 10.9. The number of carbonyl (C=O) groups excluding carboxylic acids is 2. The molecule has 0 heterocycles. The number of aldehydes is 1. The summed E-state index contributed by atoms with van der Waals surface area (Å²) in [5, 5.41) is 14.0. The Hall–Kier alpha value is -3.44. The third-order valence-electron chi connectivity index (χ3n) is 4.41. The maximum Gasteiger partial charge on any atom is 0.185 e. The number of hydrogen-bond donors (Lipinski definition) is 2. The molecule has 3 aromatic carbocycles. The van der Waals surface area contributed by atoms with E-state index < -0.39 is 0 Å². The fourth-order valence-electron chi connectivity index (χ4n) is 2.98. The SMILES string of the molecule is COc1cccc(C=O)c1/C=C/C(=O)c1ccc2cc(NCCO)ccc2c1. The van der Waals surface area contributed by atoms with Gasteiger partial charge < -0.3 is 15.2 Å². The molecule has 5 nitrogen and oxygen atoms in total. The number of anilines is 1. The molecule has 0 atom stereocenters. The van der Waals surface area contributed by atoms with Crippen LogP contribution in [0.4, 0.5) is 5.69 Å². The summed E-state index contributed by atoms with van der Waals surface area (Å²) in [5.41, 5.74) is 2.51. The molecule has 0 saturated heterocycles. The molecule has 142 valence electrons. The van der Waals surface area contributed by atoms with Gasteiger partial charge in [-0.3, -0.25) is 9.59 Å². The lowest BCUT2D eigenvalue weighted by molar-refractivity contribution is 0.104. The molecule has 0 amide bonds. The fourth-order valence-corrected chi connectivity index (χ4v) is 2.98. The molecule has 0 radical (unpaired) electrons. The van der Waals surface area contributed by atoms with Crippen LogP contribution in [0.3, 0.4) is 0 Å². The highest BCUT2D eigenvalue weighted by Crippen LogP contribution is 2.24. The van der Waals surface area contributed by atoms with Crippen molar-refractivity contribution in [1.82, 2.24) is 0 Å². The number of allylic oxidation sites excluding steroid dienone is 1. The minimum Gasteiger partial charge on any atom is -0.496 e. The van der Waals surface area contributed by atoms with Gasteiger partial charge in [-0.2, -0.15) is 0 Å². The Morgan fingerprint density at radius 2 is 1.89 bits per heavy atom. The number of benzene rings is 3. The van der Waals surface area contributed by atoms with Crippen LogP contribution >= 0.6 is 0 Å². The quantitative estimate of drug-likeness (QED) is 0.354. The summed E-state index contributed by atoms with van der Waals surface area (Å²) in [6.45, 7) is 0.550. The topological polar surface area (TPSA) is 75.6 Å². The van der Waals surface area contributed by atoms with Crippen LogP contribution in [0.15, 0.2) is 60.7 Å². The number of ether oxygens (including phenoxy) is 1. The Labute approximate surface area is 163 Å². The Bertz CT molecular complexity index is 1040. The van der Waals surface area contributed by atoms with E-state index in [0.29, 0.717) is 29.0 Å². The van der Waals surface area contributed by atoms with Crippen LogP contribution in [0, 0.1) is 0 Å². The number of rotatable bonds is 8. The van der Waals surface area contributed by atoms with E-state index in [9.17, 15) is 9.59 Å². The highest BCUT2D eigenvalue weighted by atomic mass is 16.5. The van der Waals surface area contributed by atoms with Crippen molar-refractivity contribution in [3.63, 3.8) is 0 Å². The van der Waals surface area contributed by atoms with Crippen molar-refractivity contribution in [2.45, 2.75) is 0 Å². The van der Waals surface area contributed by atoms with E-state index in [1.807, 2.05) is 30.3 Å². The maximum absolute atomic E-state index is 12.6. The van der Waals surface area contributed by atoms with E-state index in [0.717, 1.165) is 22.7 Å². The lowest BCUT2D eigenvalue weighted by Gasteiger charge is -2.07. The molecule has 28 heavy (non-hydrogen) atoms. The predicted octanol–water partition coefficient (Wildman–Crippen LogP) is 3.96. The summed E-state index contributed by atoms with van der Waals surface area (Å²) < 4.78 is 5.28. The number of aliphatic hydroxyl groups excluding tert-OH is 1. The molecule has 0 saturated carbocycles. The molecule has 0 fully saturated rings. The van der Waals surface area contributed by atoms with E-state index in [1.165, 1.54) is 13.2 Å². The van der Waals surface area contributed by atoms with E-state index >= 15 is 0 Å². The lowest BCUT2D eigenvalue weighted by atomic mass is 10.0. The van der Waals surface area contributed by atoms with Crippen molar-refractivity contribution >= 4 is 34.6 Å². The maximum atomic E-state index is 12.6. The van der Waals surface area contributed by atoms with E-state index in [2.05, 4.69) is 5.32 Å².